The van der Waals surface area contributed by atoms with Crippen LogP contribution >= 0.6 is 0 Å². The van der Waals surface area contributed by atoms with E-state index in [0.29, 0.717) is 11.4 Å². The van der Waals surface area contributed by atoms with Crippen molar-refractivity contribution in [3.8, 4) is 0 Å². The van der Waals surface area contributed by atoms with Crippen LogP contribution in [0.4, 0.5) is 11.4 Å². The maximum atomic E-state index is 12.0. The normalized spacial score (nSPS) is 18.3. The molecular formula is C16H23N3O2. The summed E-state index contributed by atoms with van der Waals surface area (Å²) in [5, 5.41) is 8.90. The fraction of sp³-hybridized carbons (Fsp3) is 0.500. The zero-order valence-corrected chi connectivity index (χ0v) is 12.8. The van der Waals surface area contributed by atoms with E-state index in [1.54, 1.807) is 6.07 Å². The largest absolute Gasteiger partial charge is 0.326 e. The van der Waals surface area contributed by atoms with Gasteiger partial charge in [0, 0.05) is 16.8 Å². The minimum Gasteiger partial charge on any atom is -0.326 e. The molecule has 1 aromatic carbocycles. The zero-order valence-electron chi connectivity index (χ0n) is 12.8. The van der Waals surface area contributed by atoms with Crippen LogP contribution in [-0.2, 0) is 9.59 Å². The Morgan fingerprint density at radius 1 is 1.19 bits per heavy atom. The number of hydrogen-bond donors (Lipinski definition) is 3. The fourth-order valence-electron chi connectivity index (χ4n) is 2.13. The Kier molecular flexibility index (Phi) is 4.63. The Hall–Kier alpha value is -1.88. The quantitative estimate of drug-likeness (QED) is 0.800. The van der Waals surface area contributed by atoms with Gasteiger partial charge in [0.15, 0.2) is 0 Å². The highest BCUT2D eigenvalue weighted by atomic mass is 16.2. The van der Waals surface area contributed by atoms with Gasteiger partial charge in [0.25, 0.3) is 0 Å². The van der Waals surface area contributed by atoms with Crippen LogP contribution in [0.25, 0.3) is 0 Å². The van der Waals surface area contributed by atoms with Gasteiger partial charge in [-0.25, -0.2) is 0 Å². The topological polar surface area (TPSA) is 70.2 Å². The van der Waals surface area contributed by atoms with E-state index in [1.807, 2.05) is 39.0 Å². The molecule has 0 aliphatic carbocycles. The molecule has 1 aliphatic heterocycles. The first-order chi connectivity index (χ1) is 9.86. The molecule has 1 fully saturated rings. The average molecular weight is 289 g/mol. The van der Waals surface area contributed by atoms with E-state index >= 15 is 0 Å². The van der Waals surface area contributed by atoms with E-state index in [2.05, 4.69) is 16.0 Å². The molecule has 1 atom stereocenters. The number of hydrogen-bond acceptors (Lipinski definition) is 3. The van der Waals surface area contributed by atoms with Crippen LogP contribution in [0.1, 0.15) is 33.6 Å². The molecule has 5 heteroatoms. The smallest absolute Gasteiger partial charge is 0.241 e. The molecule has 1 aromatic rings. The van der Waals surface area contributed by atoms with Gasteiger partial charge < -0.3 is 16.0 Å². The van der Waals surface area contributed by atoms with Crippen LogP contribution in [0.3, 0.4) is 0 Å². The maximum absolute atomic E-state index is 12.0. The molecular weight excluding hydrogens is 266 g/mol. The van der Waals surface area contributed by atoms with Gasteiger partial charge in [-0.15, -0.1) is 0 Å². The van der Waals surface area contributed by atoms with Crippen molar-refractivity contribution in [2.24, 2.45) is 5.41 Å². The van der Waals surface area contributed by atoms with E-state index in [4.69, 9.17) is 0 Å². The van der Waals surface area contributed by atoms with Crippen molar-refractivity contribution in [2.75, 3.05) is 17.2 Å². The van der Waals surface area contributed by atoms with E-state index in [1.165, 1.54) is 0 Å². The highest BCUT2D eigenvalue weighted by molar-refractivity contribution is 5.97. The van der Waals surface area contributed by atoms with Crippen LogP contribution in [0, 0.1) is 5.41 Å². The van der Waals surface area contributed by atoms with Crippen LogP contribution in [0.5, 0.6) is 0 Å². The standard InChI is InChI=1S/C16H23N3O2/c1-16(2,3)15(21)19-12-7-4-6-11(10-12)18-14(20)13-8-5-9-17-13/h4,6-7,10,13,17H,5,8-9H2,1-3H3,(H,18,20)(H,19,21)/t13-/m0/s1. The fourth-order valence-corrected chi connectivity index (χ4v) is 2.13. The number of carbonyl (C=O) groups is 2. The first kappa shape index (κ1) is 15.5. The highest BCUT2D eigenvalue weighted by Crippen LogP contribution is 2.20. The van der Waals surface area contributed by atoms with Crippen LogP contribution in [-0.4, -0.2) is 24.4 Å². The van der Waals surface area contributed by atoms with Crippen LogP contribution < -0.4 is 16.0 Å². The summed E-state index contributed by atoms with van der Waals surface area (Å²) >= 11 is 0. The predicted molar refractivity (Wildman–Crippen MR) is 84.2 cm³/mol. The molecule has 2 rings (SSSR count). The van der Waals surface area contributed by atoms with Crippen molar-refractivity contribution in [1.82, 2.24) is 5.32 Å². The molecule has 1 aliphatic rings. The number of benzene rings is 1. The minimum absolute atomic E-state index is 0.0215. The van der Waals surface area contributed by atoms with E-state index in [0.717, 1.165) is 19.4 Å². The van der Waals surface area contributed by atoms with Crippen molar-refractivity contribution in [3.63, 3.8) is 0 Å². The third-order valence-corrected chi connectivity index (χ3v) is 3.45. The monoisotopic (exact) mass is 289 g/mol. The molecule has 0 spiro atoms. The number of nitrogens with one attached hydrogen (secondary N) is 3. The van der Waals surface area contributed by atoms with Crippen LogP contribution in [0.15, 0.2) is 24.3 Å². The van der Waals surface area contributed by atoms with Gasteiger partial charge in [0.1, 0.15) is 0 Å². The number of amides is 2. The minimum atomic E-state index is -0.451. The van der Waals surface area contributed by atoms with Gasteiger partial charge in [-0.2, -0.15) is 0 Å². The summed E-state index contributed by atoms with van der Waals surface area (Å²) < 4.78 is 0. The third-order valence-electron chi connectivity index (χ3n) is 3.45. The molecule has 2 amide bonds. The molecule has 0 aromatic heterocycles. The summed E-state index contributed by atoms with van der Waals surface area (Å²) in [6.07, 6.45) is 1.89. The summed E-state index contributed by atoms with van der Waals surface area (Å²) in [7, 11) is 0. The molecule has 0 saturated carbocycles. The van der Waals surface area contributed by atoms with Crippen LogP contribution in [0.2, 0.25) is 0 Å². The average Bonchev–Trinajstić information content (AvgIpc) is 2.91. The lowest BCUT2D eigenvalue weighted by Crippen LogP contribution is -2.35. The summed E-state index contributed by atoms with van der Waals surface area (Å²) in [6, 6.07) is 7.11. The van der Waals surface area contributed by atoms with Crippen molar-refractivity contribution in [2.45, 2.75) is 39.7 Å². The van der Waals surface area contributed by atoms with Gasteiger partial charge in [-0.05, 0) is 37.6 Å². The zero-order chi connectivity index (χ0) is 15.5. The Morgan fingerprint density at radius 2 is 1.86 bits per heavy atom. The van der Waals surface area contributed by atoms with Gasteiger partial charge in [0.05, 0.1) is 6.04 Å². The molecule has 0 unspecified atom stereocenters. The highest BCUT2D eigenvalue weighted by Gasteiger charge is 2.23. The van der Waals surface area contributed by atoms with Gasteiger partial charge in [0.2, 0.25) is 11.8 Å². The van der Waals surface area contributed by atoms with E-state index in [-0.39, 0.29) is 17.9 Å². The summed E-state index contributed by atoms with van der Waals surface area (Å²) in [6.45, 7) is 6.47. The van der Waals surface area contributed by atoms with E-state index < -0.39 is 5.41 Å². The van der Waals surface area contributed by atoms with Gasteiger partial charge in [-0.1, -0.05) is 26.8 Å². The van der Waals surface area contributed by atoms with Crippen molar-refractivity contribution >= 4 is 23.2 Å². The Morgan fingerprint density at radius 3 is 2.43 bits per heavy atom. The molecule has 5 nitrogen and oxygen atoms in total. The molecule has 114 valence electrons. The Balaban J connectivity index is 2.00. The lowest BCUT2D eigenvalue weighted by Gasteiger charge is -2.18. The second kappa shape index (κ2) is 6.26. The molecule has 21 heavy (non-hydrogen) atoms. The van der Waals surface area contributed by atoms with Crippen molar-refractivity contribution in [3.05, 3.63) is 24.3 Å². The second-order valence-electron chi connectivity index (χ2n) is 6.42. The Labute approximate surface area is 125 Å². The molecule has 0 bridgehead atoms. The van der Waals surface area contributed by atoms with Gasteiger partial charge in [-0.3, -0.25) is 9.59 Å². The third kappa shape index (κ3) is 4.29. The number of anilines is 2. The molecule has 1 heterocycles. The first-order valence-electron chi connectivity index (χ1n) is 7.32. The van der Waals surface area contributed by atoms with E-state index in [9.17, 15) is 9.59 Å². The summed E-state index contributed by atoms with van der Waals surface area (Å²) in [5.74, 6) is -0.0739. The van der Waals surface area contributed by atoms with Crippen molar-refractivity contribution < 1.29 is 9.59 Å². The first-order valence-corrected chi connectivity index (χ1v) is 7.32. The SMILES string of the molecule is CC(C)(C)C(=O)Nc1cccc(NC(=O)[C@@H]2CCCN2)c1. The predicted octanol–water partition coefficient (Wildman–Crippen LogP) is 2.36. The van der Waals surface area contributed by atoms with Gasteiger partial charge >= 0.3 is 0 Å². The lowest BCUT2D eigenvalue weighted by molar-refractivity contribution is -0.123. The molecule has 0 radical (unpaired) electrons. The lowest BCUT2D eigenvalue weighted by atomic mass is 9.95. The summed E-state index contributed by atoms with van der Waals surface area (Å²) in [4.78, 5) is 24.0. The second-order valence-corrected chi connectivity index (χ2v) is 6.42. The number of rotatable bonds is 3. The molecule has 1 saturated heterocycles. The summed E-state index contributed by atoms with van der Waals surface area (Å²) in [5.41, 5.74) is 0.931. The molecule has 3 N–H and O–H groups in total. The Bertz CT molecular complexity index is 529. The maximum Gasteiger partial charge on any atom is 0.241 e. The number of carbonyl (C=O) groups excluding carboxylic acids is 2. The van der Waals surface area contributed by atoms with Crippen molar-refractivity contribution in [1.29, 1.82) is 0 Å².